The molecule has 1 spiro atoms. The average Bonchev–Trinajstić information content (AvgIpc) is 3.29. The number of nitrogens with zero attached hydrogens (tertiary/aromatic N) is 4. The Hall–Kier alpha value is -1.77. The minimum Gasteiger partial charge on any atom is -0.369 e. The molecule has 28 heavy (non-hydrogen) atoms. The van der Waals surface area contributed by atoms with Crippen LogP contribution in [-0.4, -0.2) is 45.3 Å². The molecule has 0 aliphatic carbocycles. The predicted octanol–water partition coefficient (Wildman–Crippen LogP) is 2.39. The van der Waals surface area contributed by atoms with Gasteiger partial charge in [0.2, 0.25) is 5.91 Å². The van der Waals surface area contributed by atoms with Crippen LogP contribution in [0.4, 0.5) is 0 Å². The summed E-state index contributed by atoms with van der Waals surface area (Å²) in [6.45, 7) is 8.30. The normalized spacial score (nSPS) is 19.8. The summed E-state index contributed by atoms with van der Waals surface area (Å²) >= 11 is 1.79. The summed E-state index contributed by atoms with van der Waals surface area (Å²) in [5.41, 5.74) is 7.49. The van der Waals surface area contributed by atoms with Crippen LogP contribution in [0.25, 0.3) is 0 Å². The van der Waals surface area contributed by atoms with Crippen molar-refractivity contribution in [2.75, 3.05) is 19.7 Å². The fourth-order valence-corrected chi connectivity index (χ4v) is 5.37. The molecule has 1 fully saturated rings. The van der Waals surface area contributed by atoms with Crippen molar-refractivity contribution in [1.82, 2.24) is 19.7 Å². The molecule has 0 bridgehead atoms. The summed E-state index contributed by atoms with van der Waals surface area (Å²) in [4.78, 5) is 20.7. The Bertz CT molecular complexity index is 851. The molecular formula is C20H29N5O2S. The summed E-state index contributed by atoms with van der Waals surface area (Å²) in [7, 11) is 0. The zero-order valence-electron chi connectivity index (χ0n) is 16.9. The Kier molecular flexibility index (Phi) is 5.28. The van der Waals surface area contributed by atoms with Crippen LogP contribution in [0.3, 0.4) is 0 Å². The molecule has 0 radical (unpaired) electrons. The van der Waals surface area contributed by atoms with Gasteiger partial charge in [0, 0.05) is 18.0 Å². The molecular weight excluding hydrogens is 374 g/mol. The molecule has 0 unspecified atom stereocenters. The van der Waals surface area contributed by atoms with Crippen LogP contribution in [-0.2, 0) is 28.1 Å². The minimum atomic E-state index is -0.230. The third kappa shape index (κ3) is 3.49. The van der Waals surface area contributed by atoms with Crippen molar-refractivity contribution >= 4 is 17.2 Å². The van der Waals surface area contributed by atoms with Gasteiger partial charge in [0.25, 0.3) is 0 Å². The second kappa shape index (κ2) is 7.57. The van der Waals surface area contributed by atoms with Gasteiger partial charge < -0.3 is 15.4 Å². The summed E-state index contributed by atoms with van der Waals surface area (Å²) in [6, 6.07) is 1.99. The molecule has 2 N–H and O–H groups in total. The Labute approximate surface area is 169 Å². The van der Waals surface area contributed by atoms with Gasteiger partial charge >= 0.3 is 0 Å². The van der Waals surface area contributed by atoms with Gasteiger partial charge in [-0.2, -0.15) is 5.10 Å². The average molecular weight is 404 g/mol. The second-order valence-corrected chi connectivity index (χ2v) is 9.11. The van der Waals surface area contributed by atoms with Crippen molar-refractivity contribution in [3.63, 3.8) is 0 Å². The van der Waals surface area contributed by atoms with Gasteiger partial charge in [0.1, 0.15) is 23.8 Å². The van der Waals surface area contributed by atoms with E-state index in [1.54, 1.807) is 16.0 Å². The number of ether oxygens (including phenoxy) is 1. The number of nitrogens with two attached hydrogens (primary N) is 1. The molecule has 4 rings (SSSR count). The molecule has 2 aliphatic rings. The maximum absolute atomic E-state index is 12.9. The van der Waals surface area contributed by atoms with Gasteiger partial charge in [-0.15, -0.1) is 11.3 Å². The number of rotatable bonds is 4. The highest BCUT2D eigenvalue weighted by Crippen LogP contribution is 2.44. The highest BCUT2D eigenvalue weighted by Gasteiger charge is 2.42. The highest BCUT2D eigenvalue weighted by atomic mass is 32.1. The number of aromatic nitrogens is 3. The van der Waals surface area contributed by atoms with Crippen LogP contribution in [0.2, 0.25) is 0 Å². The zero-order valence-corrected chi connectivity index (χ0v) is 17.7. The number of amides is 1. The summed E-state index contributed by atoms with van der Waals surface area (Å²) in [5.74, 6) is 1.64. The number of likely N-dealkylation sites (tertiary alicyclic amines) is 1. The molecule has 0 aromatic carbocycles. The van der Waals surface area contributed by atoms with Gasteiger partial charge in [-0.3, -0.25) is 4.79 Å². The van der Waals surface area contributed by atoms with Crippen molar-refractivity contribution in [2.45, 2.75) is 58.2 Å². The van der Waals surface area contributed by atoms with Crippen LogP contribution >= 0.6 is 11.3 Å². The van der Waals surface area contributed by atoms with Gasteiger partial charge in [-0.1, -0.05) is 13.8 Å². The van der Waals surface area contributed by atoms with E-state index in [4.69, 9.17) is 10.5 Å². The fraction of sp³-hybridized carbons (Fsp3) is 0.650. The number of piperidine rings is 1. The fourth-order valence-electron chi connectivity index (χ4n) is 4.20. The molecule has 2 aromatic rings. The van der Waals surface area contributed by atoms with Gasteiger partial charge in [-0.05, 0) is 49.1 Å². The van der Waals surface area contributed by atoms with Crippen LogP contribution in [0.15, 0.2) is 11.4 Å². The SMILES string of the molecule is Cc1nc([C@@H](N)C(C)C)n(CC(=O)N2CCC3(CC2)OCCc2ccsc23)n1. The molecule has 7 nitrogen and oxygen atoms in total. The molecule has 1 atom stereocenters. The number of carbonyl (C=O) groups is 1. The van der Waals surface area contributed by atoms with Crippen molar-refractivity contribution in [2.24, 2.45) is 11.7 Å². The largest absolute Gasteiger partial charge is 0.369 e. The number of fused-ring (bicyclic) bond motifs is 2. The van der Waals surface area contributed by atoms with Crippen molar-refractivity contribution < 1.29 is 9.53 Å². The number of hydrogen-bond donors (Lipinski definition) is 1. The molecule has 4 heterocycles. The predicted molar refractivity (Wildman–Crippen MR) is 108 cm³/mol. The Morgan fingerprint density at radius 2 is 2.14 bits per heavy atom. The third-order valence-corrected chi connectivity index (χ3v) is 7.08. The van der Waals surface area contributed by atoms with Gasteiger partial charge in [-0.25, -0.2) is 9.67 Å². The standard InChI is InChI=1S/C20H29N5O2S/c1-13(2)17(21)19-22-14(3)23-25(19)12-16(26)24-8-6-20(7-9-24)18-15(4-10-27-20)5-11-28-18/h5,11,13,17H,4,6-10,12,21H2,1-3H3/t17-/m0/s1. The zero-order chi connectivity index (χ0) is 19.9. The lowest BCUT2D eigenvalue weighted by molar-refractivity contribution is -0.141. The minimum absolute atomic E-state index is 0.0687. The Morgan fingerprint density at radius 1 is 1.39 bits per heavy atom. The number of hydrogen-bond acceptors (Lipinski definition) is 6. The van der Waals surface area contributed by atoms with Crippen molar-refractivity contribution in [3.8, 4) is 0 Å². The van der Waals surface area contributed by atoms with Crippen molar-refractivity contribution in [3.05, 3.63) is 33.5 Å². The lowest BCUT2D eigenvalue weighted by atomic mass is 9.85. The van der Waals surface area contributed by atoms with E-state index >= 15 is 0 Å². The van der Waals surface area contributed by atoms with E-state index in [1.165, 1.54) is 10.4 Å². The maximum atomic E-state index is 12.9. The molecule has 2 aliphatic heterocycles. The van der Waals surface area contributed by atoms with Crippen LogP contribution in [0.5, 0.6) is 0 Å². The number of carbonyl (C=O) groups excluding carboxylic acids is 1. The topological polar surface area (TPSA) is 86.3 Å². The maximum Gasteiger partial charge on any atom is 0.244 e. The lowest BCUT2D eigenvalue weighted by Gasteiger charge is -2.43. The second-order valence-electron chi connectivity index (χ2n) is 8.19. The van der Waals surface area contributed by atoms with E-state index in [-0.39, 0.29) is 30.0 Å². The smallest absolute Gasteiger partial charge is 0.244 e. The van der Waals surface area contributed by atoms with Gasteiger partial charge in [0.15, 0.2) is 0 Å². The first-order valence-corrected chi connectivity index (χ1v) is 10.9. The molecule has 0 saturated carbocycles. The highest BCUT2D eigenvalue weighted by molar-refractivity contribution is 7.10. The van der Waals surface area contributed by atoms with E-state index in [0.29, 0.717) is 24.7 Å². The van der Waals surface area contributed by atoms with E-state index in [9.17, 15) is 4.79 Å². The van der Waals surface area contributed by atoms with E-state index < -0.39 is 0 Å². The van der Waals surface area contributed by atoms with E-state index in [2.05, 4.69) is 21.5 Å². The number of thiophene rings is 1. The van der Waals surface area contributed by atoms with E-state index in [0.717, 1.165) is 25.9 Å². The van der Waals surface area contributed by atoms with Crippen LogP contribution < -0.4 is 5.73 Å². The van der Waals surface area contributed by atoms with E-state index in [1.807, 2.05) is 25.7 Å². The van der Waals surface area contributed by atoms with Crippen LogP contribution in [0.1, 0.15) is 54.8 Å². The number of aryl methyl sites for hydroxylation is 1. The monoisotopic (exact) mass is 403 g/mol. The first-order valence-electron chi connectivity index (χ1n) is 10.0. The van der Waals surface area contributed by atoms with Crippen molar-refractivity contribution in [1.29, 1.82) is 0 Å². The molecule has 152 valence electrons. The Balaban J connectivity index is 1.44. The molecule has 8 heteroatoms. The molecule has 1 amide bonds. The first kappa shape index (κ1) is 19.5. The summed E-state index contributed by atoms with van der Waals surface area (Å²) in [5, 5.41) is 6.57. The van der Waals surface area contributed by atoms with Crippen LogP contribution in [0, 0.1) is 12.8 Å². The summed E-state index contributed by atoms with van der Waals surface area (Å²) in [6.07, 6.45) is 2.69. The lowest BCUT2D eigenvalue weighted by Crippen LogP contribution is -2.48. The third-order valence-electron chi connectivity index (χ3n) is 5.94. The summed E-state index contributed by atoms with van der Waals surface area (Å²) < 4.78 is 7.93. The molecule has 2 aromatic heterocycles. The molecule has 1 saturated heterocycles. The van der Waals surface area contributed by atoms with Gasteiger partial charge in [0.05, 0.1) is 12.6 Å². The first-order chi connectivity index (χ1) is 13.4. The Morgan fingerprint density at radius 3 is 2.86 bits per heavy atom. The quantitative estimate of drug-likeness (QED) is 0.847.